The highest BCUT2D eigenvalue weighted by Gasteiger charge is 2.29. The Labute approximate surface area is 153 Å². The minimum absolute atomic E-state index is 0. The van der Waals surface area contributed by atoms with Crippen LogP contribution < -0.4 is 5.32 Å². The van der Waals surface area contributed by atoms with Crippen LogP contribution in [0.25, 0.3) is 0 Å². The number of nitrogens with one attached hydrogen (secondary N) is 1. The summed E-state index contributed by atoms with van der Waals surface area (Å²) in [4.78, 5) is 19.9. The third-order valence-electron chi connectivity index (χ3n) is 5.99. The maximum absolute atomic E-state index is 12.7. The van der Waals surface area contributed by atoms with Crippen molar-refractivity contribution in [1.29, 1.82) is 0 Å². The first-order valence-electron chi connectivity index (χ1n) is 9.74. The van der Waals surface area contributed by atoms with Gasteiger partial charge in [0, 0.05) is 51.4 Å². The molecule has 1 unspecified atom stereocenters. The van der Waals surface area contributed by atoms with Crippen LogP contribution in [0, 0.1) is 0 Å². The average Bonchev–Trinajstić information content (AvgIpc) is 3.12. The third-order valence-corrected chi connectivity index (χ3v) is 5.99. The van der Waals surface area contributed by atoms with Gasteiger partial charge >= 0.3 is 0 Å². The van der Waals surface area contributed by atoms with Gasteiger partial charge in [0.2, 0.25) is 5.91 Å². The minimum atomic E-state index is 0. The molecule has 24 heavy (non-hydrogen) atoms. The van der Waals surface area contributed by atoms with Crippen LogP contribution in [-0.4, -0.2) is 85.0 Å². The summed E-state index contributed by atoms with van der Waals surface area (Å²) in [6.07, 6.45) is 7.64. The molecule has 3 aliphatic rings. The lowest BCUT2D eigenvalue weighted by Crippen LogP contribution is -2.54. The highest BCUT2D eigenvalue weighted by atomic mass is 35.5. The zero-order chi connectivity index (χ0) is 16.1. The van der Waals surface area contributed by atoms with Gasteiger partial charge in [0.25, 0.3) is 0 Å². The number of halogens is 1. The lowest BCUT2D eigenvalue weighted by Gasteiger charge is -2.39. The van der Waals surface area contributed by atoms with E-state index in [0.29, 0.717) is 18.5 Å². The summed E-state index contributed by atoms with van der Waals surface area (Å²) in [5.74, 6) is 0.357. The van der Waals surface area contributed by atoms with Crippen molar-refractivity contribution in [3.8, 4) is 0 Å². The van der Waals surface area contributed by atoms with E-state index in [1.54, 1.807) is 0 Å². The molecule has 1 saturated carbocycles. The SMILES string of the molecule is CCN(C(=O)CN1CCN(C2CCNC2)CC1)C1CCCCC1.Cl. The summed E-state index contributed by atoms with van der Waals surface area (Å²) in [6.45, 7) is 10.3. The van der Waals surface area contributed by atoms with E-state index in [4.69, 9.17) is 0 Å². The molecule has 140 valence electrons. The molecule has 0 bridgehead atoms. The topological polar surface area (TPSA) is 38.8 Å². The van der Waals surface area contributed by atoms with Crippen molar-refractivity contribution in [1.82, 2.24) is 20.0 Å². The molecule has 1 atom stereocenters. The smallest absolute Gasteiger partial charge is 0.236 e. The lowest BCUT2D eigenvalue weighted by molar-refractivity contribution is -0.135. The quantitative estimate of drug-likeness (QED) is 0.809. The van der Waals surface area contributed by atoms with Crippen molar-refractivity contribution in [2.45, 2.75) is 57.5 Å². The molecule has 2 saturated heterocycles. The second kappa shape index (κ2) is 9.95. The van der Waals surface area contributed by atoms with Gasteiger partial charge in [-0.3, -0.25) is 14.6 Å². The summed E-state index contributed by atoms with van der Waals surface area (Å²) in [6, 6.07) is 1.23. The highest BCUT2D eigenvalue weighted by Crippen LogP contribution is 2.23. The molecule has 0 radical (unpaired) electrons. The Bertz CT molecular complexity index is 375. The number of carbonyl (C=O) groups excluding carboxylic acids is 1. The molecule has 2 heterocycles. The number of carbonyl (C=O) groups is 1. The van der Waals surface area contributed by atoms with Gasteiger partial charge in [-0.2, -0.15) is 0 Å². The molecule has 1 N–H and O–H groups in total. The maximum Gasteiger partial charge on any atom is 0.236 e. The monoisotopic (exact) mass is 358 g/mol. The van der Waals surface area contributed by atoms with E-state index in [0.717, 1.165) is 51.9 Å². The van der Waals surface area contributed by atoms with E-state index < -0.39 is 0 Å². The molecule has 2 aliphatic heterocycles. The summed E-state index contributed by atoms with van der Waals surface area (Å²) >= 11 is 0. The fraction of sp³-hybridized carbons (Fsp3) is 0.944. The largest absolute Gasteiger partial charge is 0.339 e. The summed E-state index contributed by atoms with van der Waals surface area (Å²) < 4.78 is 0. The first-order valence-corrected chi connectivity index (χ1v) is 9.74. The van der Waals surface area contributed by atoms with E-state index in [9.17, 15) is 4.79 Å². The minimum Gasteiger partial charge on any atom is -0.339 e. The van der Waals surface area contributed by atoms with Crippen molar-refractivity contribution < 1.29 is 4.79 Å². The number of piperazine rings is 1. The van der Waals surface area contributed by atoms with Crippen molar-refractivity contribution >= 4 is 18.3 Å². The van der Waals surface area contributed by atoms with E-state index in [-0.39, 0.29) is 12.4 Å². The van der Waals surface area contributed by atoms with Crippen LogP contribution in [0.3, 0.4) is 0 Å². The Morgan fingerprint density at radius 1 is 1.08 bits per heavy atom. The molecule has 3 rings (SSSR count). The predicted octanol–water partition coefficient (Wildman–Crippen LogP) is 1.57. The number of likely N-dealkylation sites (N-methyl/N-ethyl adjacent to an activating group) is 1. The Kier molecular flexibility index (Phi) is 8.28. The van der Waals surface area contributed by atoms with Crippen molar-refractivity contribution in [2.24, 2.45) is 0 Å². The Morgan fingerprint density at radius 2 is 1.79 bits per heavy atom. The van der Waals surface area contributed by atoms with Gasteiger partial charge in [0.05, 0.1) is 6.54 Å². The van der Waals surface area contributed by atoms with Crippen LogP contribution in [0.5, 0.6) is 0 Å². The van der Waals surface area contributed by atoms with Gasteiger partial charge in [-0.15, -0.1) is 12.4 Å². The molecular formula is C18H35ClN4O. The molecule has 0 aromatic rings. The third kappa shape index (κ3) is 5.07. The van der Waals surface area contributed by atoms with Gasteiger partial charge in [-0.1, -0.05) is 19.3 Å². The fourth-order valence-electron chi connectivity index (χ4n) is 4.55. The van der Waals surface area contributed by atoms with Gasteiger partial charge in [0.15, 0.2) is 0 Å². The van der Waals surface area contributed by atoms with Crippen LogP contribution in [-0.2, 0) is 4.79 Å². The lowest BCUT2D eigenvalue weighted by atomic mass is 9.94. The van der Waals surface area contributed by atoms with Gasteiger partial charge < -0.3 is 10.2 Å². The van der Waals surface area contributed by atoms with Crippen LogP contribution in [0.4, 0.5) is 0 Å². The summed E-state index contributed by atoms with van der Waals surface area (Å²) in [5.41, 5.74) is 0. The van der Waals surface area contributed by atoms with E-state index in [1.165, 1.54) is 38.5 Å². The van der Waals surface area contributed by atoms with Crippen LogP contribution >= 0.6 is 12.4 Å². The second-order valence-corrected chi connectivity index (χ2v) is 7.43. The Hall–Kier alpha value is -0.360. The molecule has 0 spiro atoms. The van der Waals surface area contributed by atoms with Crippen molar-refractivity contribution in [3.63, 3.8) is 0 Å². The number of amides is 1. The molecule has 5 nitrogen and oxygen atoms in total. The first kappa shape index (κ1) is 20.0. The Balaban J connectivity index is 0.00000208. The highest BCUT2D eigenvalue weighted by molar-refractivity contribution is 5.85. The van der Waals surface area contributed by atoms with Crippen molar-refractivity contribution in [3.05, 3.63) is 0 Å². The predicted molar refractivity (Wildman–Crippen MR) is 101 cm³/mol. The number of hydrogen-bond donors (Lipinski definition) is 1. The fourth-order valence-corrected chi connectivity index (χ4v) is 4.55. The van der Waals surface area contributed by atoms with Crippen molar-refractivity contribution in [2.75, 3.05) is 52.4 Å². The molecular weight excluding hydrogens is 324 g/mol. The Morgan fingerprint density at radius 3 is 2.38 bits per heavy atom. The molecule has 6 heteroatoms. The van der Waals surface area contributed by atoms with Gasteiger partial charge in [-0.05, 0) is 32.7 Å². The zero-order valence-electron chi connectivity index (χ0n) is 15.2. The van der Waals surface area contributed by atoms with Crippen LogP contribution in [0.15, 0.2) is 0 Å². The number of rotatable bonds is 5. The zero-order valence-corrected chi connectivity index (χ0v) is 16.0. The molecule has 1 amide bonds. The average molecular weight is 359 g/mol. The summed E-state index contributed by atoms with van der Waals surface area (Å²) in [7, 11) is 0. The standard InChI is InChI=1S/C18H34N4O.ClH/c1-2-22(16-6-4-3-5-7-16)18(23)15-20-10-12-21(13-11-20)17-8-9-19-14-17;/h16-17,19H,2-15H2,1H3;1H. The van der Waals surface area contributed by atoms with Gasteiger partial charge in [-0.25, -0.2) is 0 Å². The van der Waals surface area contributed by atoms with Gasteiger partial charge in [0.1, 0.15) is 0 Å². The molecule has 3 fully saturated rings. The number of hydrogen-bond acceptors (Lipinski definition) is 4. The molecule has 0 aromatic carbocycles. The normalized spacial score (nSPS) is 27.0. The van der Waals surface area contributed by atoms with E-state index in [2.05, 4.69) is 26.9 Å². The number of nitrogens with zero attached hydrogens (tertiary/aromatic N) is 3. The molecule has 0 aromatic heterocycles. The van der Waals surface area contributed by atoms with E-state index in [1.807, 2.05) is 0 Å². The van der Waals surface area contributed by atoms with E-state index >= 15 is 0 Å². The second-order valence-electron chi connectivity index (χ2n) is 7.43. The summed E-state index contributed by atoms with van der Waals surface area (Å²) in [5, 5.41) is 3.46. The molecule has 1 aliphatic carbocycles. The van der Waals surface area contributed by atoms with Crippen LogP contribution in [0.2, 0.25) is 0 Å². The maximum atomic E-state index is 12.7. The first-order chi connectivity index (χ1) is 11.3. The van der Waals surface area contributed by atoms with Crippen LogP contribution in [0.1, 0.15) is 45.4 Å².